The Balaban J connectivity index is 1.37. The molecule has 0 spiro atoms. The van der Waals surface area contributed by atoms with Crippen molar-refractivity contribution in [2.45, 2.75) is 64.5 Å². The molecule has 2 amide bonds. The van der Waals surface area contributed by atoms with E-state index in [0.717, 1.165) is 67.7 Å². The van der Waals surface area contributed by atoms with Crippen LogP contribution in [0.4, 0.5) is 17.1 Å². The van der Waals surface area contributed by atoms with Gasteiger partial charge in [-0.2, -0.15) is 0 Å². The van der Waals surface area contributed by atoms with Gasteiger partial charge in [-0.15, -0.1) is 0 Å². The first-order valence-electron chi connectivity index (χ1n) is 15.7. The molecule has 2 atom stereocenters. The molecule has 7 rings (SSSR count). The molecule has 2 bridgehead atoms. The minimum atomic E-state index is -0.180. The summed E-state index contributed by atoms with van der Waals surface area (Å²) in [7, 11) is 0. The zero-order chi connectivity index (χ0) is 29.7. The van der Waals surface area contributed by atoms with Gasteiger partial charge < -0.3 is 24.6 Å². The zero-order valence-corrected chi connectivity index (χ0v) is 25.7. The van der Waals surface area contributed by atoms with Crippen LogP contribution < -0.4 is 19.9 Å². The van der Waals surface area contributed by atoms with Crippen molar-refractivity contribution < 1.29 is 19.1 Å². The highest BCUT2D eigenvalue weighted by Crippen LogP contribution is 2.47. The molecular weight excluding hydrogens is 564 g/mol. The number of halogens is 1. The van der Waals surface area contributed by atoms with Crippen molar-refractivity contribution in [1.29, 1.82) is 0 Å². The molecule has 226 valence electrons. The molecule has 5 aliphatic heterocycles. The lowest BCUT2D eigenvalue weighted by Crippen LogP contribution is -2.42. The third kappa shape index (κ3) is 4.93. The highest BCUT2D eigenvalue weighted by molar-refractivity contribution is 6.30. The number of ether oxygens (including phenoxy) is 2. The number of nitrogens with one attached hydrogen (secondary N) is 1. The molecule has 5 aliphatic rings. The minimum absolute atomic E-state index is 0.0751. The number of allylic oxidation sites excluding steroid dienone is 3. The van der Waals surface area contributed by atoms with E-state index in [2.05, 4.69) is 28.1 Å². The molecule has 2 aromatic rings. The van der Waals surface area contributed by atoms with Crippen LogP contribution in [0.2, 0.25) is 5.02 Å². The van der Waals surface area contributed by atoms with Gasteiger partial charge in [0, 0.05) is 54.2 Å². The monoisotopic (exact) mass is 602 g/mol. The maximum atomic E-state index is 14.4. The molecular formula is C34H39ClN4O4. The van der Waals surface area contributed by atoms with E-state index in [1.54, 1.807) is 0 Å². The van der Waals surface area contributed by atoms with E-state index >= 15 is 0 Å². The Morgan fingerprint density at radius 3 is 2.74 bits per heavy atom. The second kappa shape index (κ2) is 11.6. The van der Waals surface area contributed by atoms with Crippen LogP contribution in [0.3, 0.4) is 0 Å². The summed E-state index contributed by atoms with van der Waals surface area (Å²) in [5, 5.41) is 3.77. The van der Waals surface area contributed by atoms with Crippen molar-refractivity contribution in [3.8, 4) is 5.75 Å². The summed E-state index contributed by atoms with van der Waals surface area (Å²) in [6.07, 6.45) is 10.0. The number of fused-ring (bicyclic) bond motifs is 9. The average molecular weight is 603 g/mol. The Kier molecular flexibility index (Phi) is 7.70. The molecule has 2 fully saturated rings. The van der Waals surface area contributed by atoms with E-state index in [-0.39, 0.29) is 29.8 Å². The van der Waals surface area contributed by atoms with Crippen LogP contribution in [-0.4, -0.2) is 55.7 Å². The molecule has 5 heterocycles. The van der Waals surface area contributed by atoms with Gasteiger partial charge in [-0.05, 0) is 75.4 Å². The van der Waals surface area contributed by atoms with Crippen LogP contribution in [0.25, 0.3) is 0 Å². The number of anilines is 3. The first kappa shape index (κ1) is 28.4. The highest BCUT2D eigenvalue weighted by Gasteiger charge is 2.43. The van der Waals surface area contributed by atoms with Crippen LogP contribution in [0.5, 0.6) is 5.75 Å². The second-order valence-electron chi connectivity index (χ2n) is 12.1. The molecule has 0 saturated carbocycles. The number of hydrogen-bond donors (Lipinski definition) is 1. The van der Waals surface area contributed by atoms with Gasteiger partial charge in [0.15, 0.2) is 0 Å². The summed E-state index contributed by atoms with van der Waals surface area (Å²) < 4.78 is 12.3. The van der Waals surface area contributed by atoms with Crippen molar-refractivity contribution >= 4 is 40.5 Å². The summed E-state index contributed by atoms with van der Waals surface area (Å²) in [6, 6.07) is 9.92. The van der Waals surface area contributed by atoms with E-state index in [4.69, 9.17) is 21.1 Å². The first-order chi connectivity index (χ1) is 21.0. The maximum Gasteiger partial charge on any atom is 0.272 e. The predicted octanol–water partition coefficient (Wildman–Crippen LogP) is 6.67. The Morgan fingerprint density at radius 1 is 1.12 bits per heavy atom. The van der Waals surface area contributed by atoms with Crippen molar-refractivity contribution in [3.63, 3.8) is 0 Å². The lowest BCUT2D eigenvalue weighted by atomic mass is 9.92. The lowest BCUT2D eigenvalue weighted by Gasteiger charge is -2.39. The fraction of sp³-hybridized carbons (Fsp3) is 0.471. The van der Waals surface area contributed by atoms with E-state index in [0.29, 0.717) is 54.1 Å². The summed E-state index contributed by atoms with van der Waals surface area (Å²) in [4.78, 5) is 34.4. The van der Waals surface area contributed by atoms with Gasteiger partial charge in [-0.1, -0.05) is 37.1 Å². The molecule has 0 radical (unpaired) electrons. The lowest BCUT2D eigenvalue weighted by molar-refractivity contribution is -0.113. The molecule has 8 nitrogen and oxygen atoms in total. The Labute approximate surface area is 258 Å². The van der Waals surface area contributed by atoms with Crippen molar-refractivity contribution in [2.75, 3.05) is 48.0 Å². The summed E-state index contributed by atoms with van der Waals surface area (Å²) in [6.45, 7) is 7.50. The van der Waals surface area contributed by atoms with Gasteiger partial charge in [0.25, 0.3) is 11.8 Å². The van der Waals surface area contributed by atoms with Crippen LogP contribution in [0, 0.1) is 5.92 Å². The fourth-order valence-electron chi connectivity index (χ4n) is 7.49. The first-order valence-corrected chi connectivity index (χ1v) is 16.1. The van der Waals surface area contributed by atoms with E-state index in [1.807, 2.05) is 48.2 Å². The standard InChI is InChI=1S/C34H39ClN4O4/c1-3-5-8-28(21-11-14-42-15-12-21)39-27(4-2)33(40)36-26-17-25-32(18-30(26)39)43-20-23-7-6-13-37(23)31-19-38(34(25)41)29-10-9-22(35)16-24(29)31/h4,8-10,16-18,21,23,31H,3,5-7,11-15,19-20H2,1-2H3,(H,36,40)/b27-4-,28-8+. The zero-order valence-electron chi connectivity index (χ0n) is 24.9. The molecule has 0 aliphatic carbocycles. The number of amides is 2. The van der Waals surface area contributed by atoms with Gasteiger partial charge in [0.05, 0.1) is 23.0 Å². The van der Waals surface area contributed by atoms with Crippen LogP contribution in [-0.2, 0) is 9.53 Å². The number of unbranched alkanes of at least 4 members (excludes halogenated alkanes) is 1. The summed E-state index contributed by atoms with van der Waals surface area (Å²) in [5.41, 5.74) is 5.60. The molecule has 0 aromatic heterocycles. The summed E-state index contributed by atoms with van der Waals surface area (Å²) in [5.74, 6) is 0.503. The number of hydrogen-bond acceptors (Lipinski definition) is 6. The van der Waals surface area contributed by atoms with Crippen LogP contribution in [0.15, 0.2) is 53.9 Å². The molecule has 43 heavy (non-hydrogen) atoms. The Morgan fingerprint density at radius 2 is 1.95 bits per heavy atom. The fourth-order valence-corrected chi connectivity index (χ4v) is 7.67. The third-order valence-corrected chi connectivity index (χ3v) is 9.83. The maximum absolute atomic E-state index is 14.4. The van der Waals surface area contributed by atoms with Crippen LogP contribution >= 0.6 is 11.6 Å². The topological polar surface area (TPSA) is 74.4 Å². The average Bonchev–Trinajstić information content (AvgIpc) is 3.63. The summed E-state index contributed by atoms with van der Waals surface area (Å²) >= 11 is 6.46. The van der Waals surface area contributed by atoms with Gasteiger partial charge in [0.2, 0.25) is 0 Å². The van der Waals surface area contributed by atoms with E-state index < -0.39 is 0 Å². The predicted molar refractivity (Wildman–Crippen MR) is 169 cm³/mol. The smallest absolute Gasteiger partial charge is 0.272 e. The van der Waals surface area contributed by atoms with Gasteiger partial charge in [-0.25, -0.2) is 0 Å². The number of carbonyl (C=O) groups is 2. The van der Waals surface area contributed by atoms with Gasteiger partial charge >= 0.3 is 0 Å². The van der Waals surface area contributed by atoms with Crippen molar-refractivity contribution in [2.24, 2.45) is 5.92 Å². The SMILES string of the molecule is C/C=C1/C(=O)Nc2cc3c(cc2N1/C(=C/CCC)C1CCOCC1)OCC1CCCN1C1CN(C3=O)c2ccc(Cl)cc21. The molecule has 2 saturated heterocycles. The number of nitrogens with zero attached hydrogens (tertiary/aromatic N) is 3. The number of carbonyl (C=O) groups excluding carboxylic acids is 2. The number of rotatable bonds is 4. The Hall–Kier alpha value is -3.33. The molecule has 1 N–H and O–H groups in total. The largest absolute Gasteiger partial charge is 0.491 e. The Bertz CT molecular complexity index is 1510. The quantitative estimate of drug-likeness (QED) is 0.394. The second-order valence-corrected chi connectivity index (χ2v) is 12.5. The number of benzene rings is 2. The van der Waals surface area contributed by atoms with E-state index in [1.165, 1.54) is 0 Å². The highest BCUT2D eigenvalue weighted by atomic mass is 35.5. The normalized spacial score (nSPS) is 25.2. The molecule has 2 unspecified atom stereocenters. The van der Waals surface area contributed by atoms with Crippen LogP contribution in [0.1, 0.15) is 74.3 Å². The van der Waals surface area contributed by atoms with E-state index in [9.17, 15) is 9.59 Å². The third-order valence-electron chi connectivity index (χ3n) is 9.60. The van der Waals surface area contributed by atoms with Gasteiger partial charge in [-0.3, -0.25) is 14.5 Å². The molecule has 9 heteroatoms. The van der Waals surface area contributed by atoms with Crippen molar-refractivity contribution in [3.05, 3.63) is 70.0 Å². The molecule has 2 aromatic carbocycles. The van der Waals surface area contributed by atoms with Gasteiger partial charge in [0.1, 0.15) is 18.1 Å². The minimum Gasteiger partial charge on any atom is -0.491 e. The van der Waals surface area contributed by atoms with Crippen molar-refractivity contribution in [1.82, 2.24) is 4.90 Å².